The normalized spacial score (nSPS) is 10.7. The molecule has 0 aliphatic carbocycles. The lowest BCUT2D eigenvalue weighted by Gasteiger charge is -2.08. The van der Waals surface area contributed by atoms with Gasteiger partial charge in [-0.15, -0.1) is 11.3 Å². The van der Waals surface area contributed by atoms with Crippen LogP contribution in [-0.2, 0) is 9.59 Å². The molecule has 0 aliphatic rings. The minimum atomic E-state index is -1.09. The van der Waals surface area contributed by atoms with E-state index in [9.17, 15) is 14.0 Å². The molecule has 3 rings (SSSR count). The van der Waals surface area contributed by atoms with E-state index in [4.69, 9.17) is 5.11 Å². The summed E-state index contributed by atoms with van der Waals surface area (Å²) in [4.78, 5) is 31.3. The number of fused-ring (bicyclic) bond motifs is 1. The van der Waals surface area contributed by atoms with Crippen LogP contribution in [0.1, 0.15) is 6.42 Å². The molecule has 0 radical (unpaired) electrons. The minimum absolute atomic E-state index is 0.106. The first-order valence-electron chi connectivity index (χ1n) is 7.75. The number of benzene rings is 1. The molecule has 3 aromatic rings. The third-order valence-electron chi connectivity index (χ3n) is 3.61. The van der Waals surface area contributed by atoms with Gasteiger partial charge in [0.05, 0.1) is 5.39 Å². The van der Waals surface area contributed by atoms with E-state index in [-0.39, 0.29) is 24.7 Å². The van der Waals surface area contributed by atoms with Crippen molar-refractivity contribution >= 4 is 39.2 Å². The summed E-state index contributed by atoms with van der Waals surface area (Å²) in [5.74, 6) is -1.20. The molecule has 0 unspecified atom stereocenters. The summed E-state index contributed by atoms with van der Waals surface area (Å²) in [7, 11) is 0. The third kappa shape index (κ3) is 4.12. The fourth-order valence-electron chi connectivity index (χ4n) is 2.41. The van der Waals surface area contributed by atoms with Crippen LogP contribution < -0.4 is 10.6 Å². The minimum Gasteiger partial charge on any atom is -0.480 e. The standard InChI is InChI=1S/C17H15FN4O3S/c18-11-3-1-10(2-4-11)12-8-26-17-15(12)16(21-9-22-17)19-6-5-13(23)20-7-14(24)25/h1-4,8-9H,5-7H2,(H,20,23)(H,24,25)(H,19,21,22). The number of carboxylic acids is 1. The van der Waals surface area contributed by atoms with Crippen molar-refractivity contribution in [3.8, 4) is 11.1 Å². The van der Waals surface area contributed by atoms with Gasteiger partial charge in [-0.1, -0.05) is 12.1 Å². The van der Waals surface area contributed by atoms with E-state index in [1.165, 1.54) is 29.8 Å². The summed E-state index contributed by atoms with van der Waals surface area (Å²) < 4.78 is 13.2. The average Bonchev–Trinajstić information content (AvgIpc) is 3.05. The largest absolute Gasteiger partial charge is 0.480 e. The molecule has 26 heavy (non-hydrogen) atoms. The van der Waals surface area contributed by atoms with E-state index < -0.39 is 12.5 Å². The third-order valence-corrected chi connectivity index (χ3v) is 4.49. The van der Waals surface area contributed by atoms with Crippen LogP contribution in [-0.4, -0.2) is 40.0 Å². The van der Waals surface area contributed by atoms with Crippen molar-refractivity contribution in [3.05, 3.63) is 41.8 Å². The van der Waals surface area contributed by atoms with Gasteiger partial charge in [0.1, 0.15) is 29.3 Å². The summed E-state index contributed by atoms with van der Waals surface area (Å²) in [6.45, 7) is -0.119. The molecule has 0 saturated heterocycles. The summed E-state index contributed by atoms with van der Waals surface area (Å²) >= 11 is 1.45. The average molecular weight is 374 g/mol. The van der Waals surface area contributed by atoms with E-state index >= 15 is 0 Å². The molecule has 1 aromatic carbocycles. The van der Waals surface area contributed by atoms with Crippen LogP contribution in [0.2, 0.25) is 0 Å². The van der Waals surface area contributed by atoms with Crippen LogP contribution >= 0.6 is 11.3 Å². The Hall–Kier alpha value is -3.07. The Balaban J connectivity index is 1.76. The molecular formula is C17H15FN4O3S. The lowest BCUT2D eigenvalue weighted by Crippen LogP contribution is -2.30. The SMILES string of the molecule is O=C(O)CNC(=O)CCNc1ncnc2scc(-c3ccc(F)cc3)c12. The number of anilines is 1. The zero-order chi connectivity index (χ0) is 18.5. The Bertz CT molecular complexity index is 943. The van der Waals surface area contributed by atoms with E-state index in [1.807, 2.05) is 5.38 Å². The van der Waals surface area contributed by atoms with E-state index in [0.29, 0.717) is 5.82 Å². The van der Waals surface area contributed by atoms with Crippen molar-refractivity contribution in [1.82, 2.24) is 15.3 Å². The van der Waals surface area contributed by atoms with Gasteiger partial charge in [0.2, 0.25) is 5.91 Å². The van der Waals surface area contributed by atoms with Crippen molar-refractivity contribution in [2.75, 3.05) is 18.4 Å². The maximum atomic E-state index is 13.2. The Labute approximate surface area is 151 Å². The number of aliphatic carboxylic acids is 1. The highest BCUT2D eigenvalue weighted by molar-refractivity contribution is 7.17. The van der Waals surface area contributed by atoms with Gasteiger partial charge in [0.15, 0.2) is 0 Å². The lowest BCUT2D eigenvalue weighted by atomic mass is 10.1. The second-order valence-corrected chi connectivity index (χ2v) is 6.26. The lowest BCUT2D eigenvalue weighted by molar-refractivity contribution is -0.137. The topological polar surface area (TPSA) is 104 Å². The number of thiophene rings is 1. The molecule has 2 aromatic heterocycles. The number of carbonyl (C=O) groups is 2. The van der Waals surface area contributed by atoms with Gasteiger partial charge in [-0.05, 0) is 17.7 Å². The molecule has 0 spiro atoms. The van der Waals surface area contributed by atoms with Gasteiger partial charge in [0.25, 0.3) is 0 Å². The fourth-order valence-corrected chi connectivity index (χ4v) is 3.32. The van der Waals surface area contributed by atoms with Gasteiger partial charge < -0.3 is 15.7 Å². The maximum absolute atomic E-state index is 13.2. The number of rotatable bonds is 7. The number of halogens is 1. The van der Waals surface area contributed by atoms with Crippen molar-refractivity contribution in [1.29, 1.82) is 0 Å². The van der Waals surface area contributed by atoms with Crippen molar-refractivity contribution < 1.29 is 19.1 Å². The van der Waals surface area contributed by atoms with Crippen LogP contribution in [0.5, 0.6) is 0 Å². The van der Waals surface area contributed by atoms with Gasteiger partial charge in [-0.3, -0.25) is 9.59 Å². The number of hydrogen-bond acceptors (Lipinski definition) is 6. The first-order chi connectivity index (χ1) is 12.5. The molecule has 3 N–H and O–H groups in total. The van der Waals surface area contributed by atoms with E-state index in [1.54, 1.807) is 12.1 Å². The molecule has 1 amide bonds. The highest BCUT2D eigenvalue weighted by Crippen LogP contribution is 2.36. The first-order valence-corrected chi connectivity index (χ1v) is 8.63. The monoisotopic (exact) mass is 374 g/mol. The highest BCUT2D eigenvalue weighted by atomic mass is 32.1. The molecule has 7 nitrogen and oxygen atoms in total. The highest BCUT2D eigenvalue weighted by Gasteiger charge is 2.13. The number of aromatic nitrogens is 2. The molecule has 0 bridgehead atoms. The molecule has 2 heterocycles. The number of carbonyl (C=O) groups excluding carboxylic acids is 1. The van der Waals surface area contributed by atoms with Crippen molar-refractivity contribution in [2.24, 2.45) is 0 Å². The van der Waals surface area contributed by atoms with Gasteiger partial charge >= 0.3 is 5.97 Å². The van der Waals surface area contributed by atoms with Gasteiger partial charge in [-0.25, -0.2) is 14.4 Å². The smallest absolute Gasteiger partial charge is 0.322 e. The predicted molar refractivity (Wildman–Crippen MR) is 96.6 cm³/mol. The molecular weight excluding hydrogens is 359 g/mol. The number of hydrogen-bond donors (Lipinski definition) is 3. The molecule has 0 fully saturated rings. The van der Waals surface area contributed by atoms with Gasteiger partial charge in [-0.2, -0.15) is 0 Å². The molecule has 9 heteroatoms. The molecule has 0 aliphatic heterocycles. The van der Waals surface area contributed by atoms with Gasteiger partial charge in [0, 0.05) is 23.9 Å². The number of carboxylic acid groups (broad SMARTS) is 1. The van der Waals surface area contributed by atoms with Crippen molar-refractivity contribution in [3.63, 3.8) is 0 Å². The first kappa shape index (κ1) is 17.7. The zero-order valence-electron chi connectivity index (χ0n) is 13.5. The second-order valence-electron chi connectivity index (χ2n) is 5.41. The summed E-state index contributed by atoms with van der Waals surface area (Å²) in [6, 6.07) is 6.16. The van der Waals surface area contributed by atoms with Crippen molar-refractivity contribution in [2.45, 2.75) is 6.42 Å². The number of nitrogens with one attached hydrogen (secondary N) is 2. The summed E-state index contributed by atoms with van der Waals surface area (Å²) in [5, 5.41) is 16.7. The summed E-state index contributed by atoms with van der Waals surface area (Å²) in [6.07, 6.45) is 1.54. The zero-order valence-corrected chi connectivity index (χ0v) is 14.3. The van der Waals surface area contributed by atoms with E-state index in [2.05, 4.69) is 20.6 Å². The summed E-state index contributed by atoms with van der Waals surface area (Å²) in [5.41, 5.74) is 1.72. The Morgan fingerprint density at radius 2 is 1.96 bits per heavy atom. The van der Waals surface area contributed by atoms with Crippen LogP contribution in [0.3, 0.4) is 0 Å². The molecule has 134 valence electrons. The van der Waals surface area contributed by atoms with Crippen LogP contribution in [0, 0.1) is 5.82 Å². The van der Waals surface area contributed by atoms with E-state index in [0.717, 1.165) is 21.3 Å². The Kier molecular flexibility index (Phi) is 5.37. The molecule has 0 atom stereocenters. The van der Waals surface area contributed by atoms with Crippen LogP contribution in [0.25, 0.3) is 21.3 Å². The quantitative estimate of drug-likeness (QED) is 0.587. The second kappa shape index (κ2) is 7.87. The fraction of sp³-hybridized carbons (Fsp3) is 0.176. The maximum Gasteiger partial charge on any atom is 0.322 e. The van der Waals surface area contributed by atoms with Crippen LogP contribution in [0.15, 0.2) is 36.0 Å². The Morgan fingerprint density at radius 3 is 2.69 bits per heavy atom. The molecule has 0 saturated carbocycles. The predicted octanol–water partition coefficient (Wildman–Crippen LogP) is 2.50. The Morgan fingerprint density at radius 1 is 1.19 bits per heavy atom. The van der Waals surface area contributed by atoms with Crippen LogP contribution in [0.4, 0.5) is 10.2 Å². The number of nitrogens with zero attached hydrogens (tertiary/aromatic N) is 2. The number of amides is 1.